The van der Waals surface area contributed by atoms with Crippen LogP contribution in [0.15, 0.2) is 29.4 Å². The van der Waals surface area contributed by atoms with Crippen LogP contribution in [0.1, 0.15) is 29.7 Å². The molecular weight excluding hydrogens is 379 g/mol. The molecule has 2 heterocycles. The number of nitrogens with zero attached hydrogens (tertiary/aromatic N) is 4. The predicted molar refractivity (Wildman–Crippen MR) is 108 cm³/mol. The first-order valence-electron chi connectivity index (χ1n) is 8.67. The number of aryl methyl sites for hydroxylation is 2. The number of H-pyrrole nitrogens is 1. The van der Waals surface area contributed by atoms with Crippen molar-refractivity contribution in [3.63, 3.8) is 0 Å². The predicted octanol–water partition coefficient (Wildman–Crippen LogP) is 3.58. The van der Waals surface area contributed by atoms with E-state index in [9.17, 15) is 9.18 Å². The minimum Gasteiger partial charge on any atom is -0.322 e. The number of carbonyl (C=O) groups excluding carboxylic acids is 1. The highest BCUT2D eigenvalue weighted by molar-refractivity contribution is 8.00. The summed E-state index contributed by atoms with van der Waals surface area (Å²) in [5.74, 6) is 0.134. The van der Waals surface area contributed by atoms with Crippen LogP contribution in [-0.2, 0) is 11.8 Å². The molecule has 0 bridgehead atoms. The molecule has 146 valence electrons. The lowest BCUT2D eigenvalue weighted by atomic mass is 10.2. The average molecular weight is 400 g/mol. The van der Waals surface area contributed by atoms with Crippen LogP contribution >= 0.6 is 11.8 Å². The zero-order valence-electron chi connectivity index (χ0n) is 16.0. The summed E-state index contributed by atoms with van der Waals surface area (Å²) >= 11 is 1.26. The fraction of sp³-hybridized carbons (Fsp3) is 0.263. The van der Waals surface area contributed by atoms with Crippen molar-refractivity contribution >= 4 is 35.5 Å². The molecule has 28 heavy (non-hydrogen) atoms. The Kier molecular flexibility index (Phi) is 5.93. The summed E-state index contributed by atoms with van der Waals surface area (Å²) in [7, 11) is 1.84. The molecule has 0 aliphatic heterocycles. The third kappa shape index (κ3) is 4.66. The van der Waals surface area contributed by atoms with Gasteiger partial charge in [-0.2, -0.15) is 5.10 Å². The zero-order chi connectivity index (χ0) is 20.3. The number of aromatic nitrogens is 5. The van der Waals surface area contributed by atoms with Crippen molar-refractivity contribution in [2.75, 3.05) is 5.32 Å². The SMILES string of the molecule is Cc1nn(C)c(C)c1NC(=O)C(C)Sc1n[nH]c(/C=C/c2ccc(F)cc2)n1. The van der Waals surface area contributed by atoms with Gasteiger partial charge in [0.2, 0.25) is 11.1 Å². The Balaban J connectivity index is 1.60. The number of nitrogens with one attached hydrogen (secondary N) is 2. The molecule has 0 radical (unpaired) electrons. The highest BCUT2D eigenvalue weighted by Gasteiger charge is 2.20. The quantitative estimate of drug-likeness (QED) is 0.618. The number of rotatable bonds is 6. The zero-order valence-corrected chi connectivity index (χ0v) is 16.8. The highest BCUT2D eigenvalue weighted by Crippen LogP contribution is 2.23. The average Bonchev–Trinajstić information content (AvgIpc) is 3.20. The summed E-state index contributed by atoms with van der Waals surface area (Å²) in [6.45, 7) is 5.56. The van der Waals surface area contributed by atoms with Crippen molar-refractivity contribution in [1.82, 2.24) is 25.0 Å². The van der Waals surface area contributed by atoms with Gasteiger partial charge < -0.3 is 5.32 Å². The van der Waals surface area contributed by atoms with Crippen LogP contribution in [0.4, 0.5) is 10.1 Å². The summed E-state index contributed by atoms with van der Waals surface area (Å²) in [5.41, 5.74) is 3.26. The third-order valence-electron chi connectivity index (χ3n) is 4.19. The Morgan fingerprint density at radius 2 is 2.00 bits per heavy atom. The molecule has 1 unspecified atom stereocenters. The molecule has 7 nitrogen and oxygen atoms in total. The lowest BCUT2D eigenvalue weighted by Gasteiger charge is -2.10. The van der Waals surface area contributed by atoms with E-state index in [1.807, 2.05) is 20.9 Å². The molecule has 3 aromatic rings. The van der Waals surface area contributed by atoms with Crippen molar-refractivity contribution < 1.29 is 9.18 Å². The number of amides is 1. The van der Waals surface area contributed by atoms with Crippen LogP contribution in [0.3, 0.4) is 0 Å². The Bertz CT molecular complexity index is 1010. The van der Waals surface area contributed by atoms with Gasteiger partial charge in [-0.15, -0.1) is 5.10 Å². The smallest absolute Gasteiger partial charge is 0.237 e. The van der Waals surface area contributed by atoms with E-state index in [0.717, 1.165) is 22.6 Å². The Morgan fingerprint density at radius 1 is 1.29 bits per heavy atom. The van der Waals surface area contributed by atoms with Crippen LogP contribution in [0.5, 0.6) is 0 Å². The lowest BCUT2D eigenvalue weighted by Crippen LogP contribution is -2.23. The number of benzene rings is 1. The molecule has 1 amide bonds. The second-order valence-corrected chi connectivity index (χ2v) is 7.61. The molecule has 0 saturated heterocycles. The first kappa shape index (κ1) is 19.8. The Morgan fingerprint density at radius 3 is 2.64 bits per heavy atom. The van der Waals surface area contributed by atoms with Crippen LogP contribution in [-0.4, -0.2) is 36.1 Å². The molecule has 0 aliphatic rings. The van der Waals surface area contributed by atoms with Crippen LogP contribution in [0, 0.1) is 19.7 Å². The summed E-state index contributed by atoms with van der Waals surface area (Å²) in [5, 5.41) is 14.3. The molecule has 0 aliphatic carbocycles. The minimum atomic E-state index is -0.385. The number of anilines is 1. The van der Waals surface area contributed by atoms with Crippen LogP contribution < -0.4 is 5.32 Å². The van der Waals surface area contributed by atoms with E-state index in [0.29, 0.717) is 11.0 Å². The first-order valence-corrected chi connectivity index (χ1v) is 9.55. The van der Waals surface area contributed by atoms with E-state index in [1.165, 1.54) is 23.9 Å². The summed E-state index contributed by atoms with van der Waals surface area (Å²) in [6.07, 6.45) is 3.55. The maximum Gasteiger partial charge on any atom is 0.237 e. The molecule has 1 aromatic carbocycles. The number of carbonyl (C=O) groups is 1. The Hall–Kier alpha value is -2.94. The maximum atomic E-state index is 12.9. The van der Waals surface area contributed by atoms with E-state index in [2.05, 4.69) is 25.6 Å². The summed E-state index contributed by atoms with van der Waals surface area (Å²) < 4.78 is 14.7. The number of hydrogen-bond donors (Lipinski definition) is 2. The van der Waals surface area contributed by atoms with Crippen molar-refractivity contribution in [1.29, 1.82) is 0 Å². The minimum absolute atomic E-state index is 0.141. The van der Waals surface area contributed by atoms with E-state index >= 15 is 0 Å². The largest absolute Gasteiger partial charge is 0.322 e. The number of halogens is 1. The van der Waals surface area contributed by atoms with E-state index in [1.54, 1.807) is 35.9 Å². The van der Waals surface area contributed by atoms with Gasteiger partial charge in [0.15, 0.2) is 0 Å². The van der Waals surface area contributed by atoms with Crippen molar-refractivity contribution in [3.05, 3.63) is 52.9 Å². The molecule has 2 aromatic heterocycles. The van der Waals surface area contributed by atoms with E-state index in [4.69, 9.17) is 0 Å². The number of thioether (sulfide) groups is 1. The van der Waals surface area contributed by atoms with Crippen molar-refractivity contribution in [3.8, 4) is 0 Å². The molecule has 2 N–H and O–H groups in total. The standard InChI is InChI=1S/C19H21FN6OS/c1-11-17(12(2)26(4)25-11)22-18(27)13(3)28-19-21-16(23-24-19)10-7-14-5-8-15(20)9-6-14/h5-10,13H,1-4H3,(H,22,27)(H,21,23,24)/b10-7+. The van der Waals surface area contributed by atoms with Gasteiger partial charge in [-0.05, 0) is 44.5 Å². The fourth-order valence-corrected chi connectivity index (χ4v) is 3.26. The second kappa shape index (κ2) is 8.39. The van der Waals surface area contributed by atoms with Gasteiger partial charge in [0.1, 0.15) is 11.6 Å². The Labute approximate surface area is 166 Å². The highest BCUT2D eigenvalue weighted by atomic mass is 32.2. The molecule has 1 atom stereocenters. The summed E-state index contributed by atoms with van der Waals surface area (Å²) in [6, 6.07) is 6.14. The van der Waals surface area contributed by atoms with E-state index < -0.39 is 0 Å². The molecular formula is C19H21FN6OS. The van der Waals surface area contributed by atoms with Crippen molar-refractivity contribution in [2.45, 2.75) is 31.2 Å². The van der Waals surface area contributed by atoms with Gasteiger partial charge in [-0.25, -0.2) is 9.37 Å². The molecule has 3 rings (SSSR count). The van der Waals surface area contributed by atoms with Gasteiger partial charge in [-0.1, -0.05) is 30.0 Å². The molecule has 0 fully saturated rings. The van der Waals surface area contributed by atoms with Crippen LogP contribution in [0.25, 0.3) is 12.2 Å². The van der Waals surface area contributed by atoms with Gasteiger partial charge >= 0.3 is 0 Å². The van der Waals surface area contributed by atoms with Gasteiger partial charge in [0, 0.05) is 7.05 Å². The van der Waals surface area contributed by atoms with Crippen molar-refractivity contribution in [2.24, 2.45) is 7.05 Å². The first-order chi connectivity index (χ1) is 13.3. The number of hydrogen-bond acceptors (Lipinski definition) is 5. The third-order valence-corrected chi connectivity index (χ3v) is 5.16. The normalized spacial score (nSPS) is 12.5. The maximum absolute atomic E-state index is 12.9. The van der Waals surface area contributed by atoms with Gasteiger partial charge in [0.25, 0.3) is 0 Å². The summed E-state index contributed by atoms with van der Waals surface area (Å²) in [4.78, 5) is 16.8. The monoisotopic (exact) mass is 400 g/mol. The molecule has 0 saturated carbocycles. The molecule has 9 heteroatoms. The van der Waals surface area contributed by atoms with E-state index in [-0.39, 0.29) is 17.0 Å². The molecule has 0 spiro atoms. The lowest BCUT2D eigenvalue weighted by molar-refractivity contribution is -0.115. The van der Waals surface area contributed by atoms with Gasteiger partial charge in [0.05, 0.1) is 22.3 Å². The number of aromatic amines is 1. The fourth-order valence-electron chi connectivity index (χ4n) is 2.53. The van der Waals surface area contributed by atoms with Crippen LogP contribution in [0.2, 0.25) is 0 Å². The topological polar surface area (TPSA) is 88.5 Å². The van der Waals surface area contributed by atoms with Gasteiger partial charge in [-0.3, -0.25) is 14.6 Å². The second-order valence-electron chi connectivity index (χ2n) is 6.31.